The van der Waals surface area contributed by atoms with E-state index >= 15 is 0 Å². The lowest BCUT2D eigenvalue weighted by molar-refractivity contribution is -0.114. The van der Waals surface area contributed by atoms with Crippen molar-refractivity contribution in [3.05, 3.63) is 98.0 Å². The topological polar surface area (TPSA) is 103 Å². The van der Waals surface area contributed by atoms with Crippen LogP contribution in [0, 0.1) is 0 Å². The van der Waals surface area contributed by atoms with Gasteiger partial charge in [0.25, 0.3) is 0 Å². The van der Waals surface area contributed by atoms with Crippen LogP contribution in [-0.2, 0) is 16.1 Å². The van der Waals surface area contributed by atoms with Crippen molar-refractivity contribution in [2.75, 3.05) is 5.32 Å². The summed E-state index contributed by atoms with van der Waals surface area (Å²) in [5, 5.41) is 4.97. The van der Waals surface area contributed by atoms with Gasteiger partial charge >= 0.3 is 11.6 Å². The van der Waals surface area contributed by atoms with E-state index in [1.165, 1.54) is 36.5 Å². The molecule has 2 heterocycles. The summed E-state index contributed by atoms with van der Waals surface area (Å²) in [5.41, 5.74) is 0.952. The highest BCUT2D eigenvalue weighted by molar-refractivity contribution is 7.12. The average Bonchev–Trinajstić information content (AvgIpc) is 3.31. The van der Waals surface area contributed by atoms with E-state index in [0.29, 0.717) is 21.5 Å². The number of hydrogen-bond donors (Lipinski definition) is 1. The van der Waals surface area contributed by atoms with E-state index in [1.54, 1.807) is 47.8 Å². The Morgan fingerprint density at radius 2 is 1.78 bits per heavy atom. The molecule has 32 heavy (non-hydrogen) atoms. The number of carbonyl (C=O) groups excluding carboxylic acids is 3. The maximum Gasteiger partial charge on any atom is 0.339 e. The molecule has 0 aliphatic heterocycles. The SMILES string of the molecule is CC(=O)Nc1ccc2c(COC(=O)c3ccccc3C(=O)c3cccs3)cc(=O)oc2c1. The lowest BCUT2D eigenvalue weighted by Crippen LogP contribution is -2.13. The molecule has 0 saturated heterocycles. The molecule has 7 nitrogen and oxygen atoms in total. The maximum absolute atomic E-state index is 12.8. The number of hydrogen-bond acceptors (Lipinski definition) is 7. The molecule has 160 valence electrons. The zero-order valence-corrected chi connectivity index (χ0v) is 17.7. The normalized spacial score (nSPS) is 10.7. The maximum atomic E-state index is 12.8. The molecule has 0 atom stereocenters. The van der Waals surface area contributed by atoms with E-state index in [2.05, 4.69) is 5.32 Å². The van der Waals surface area contributed by atoms with Gasteiger partial charge in [0.1, 0.15) is 12.2 Å². The Labute approximate surface area is 186 Å². The summed E-state index contributed by atoms with van der Waals surface area (Å²) in [6.07, 6.45) is 0. The van der Waals surface area contributed by atoms with Crippen molar-refractivity contribution in [2.45, 2.75) is 13.5 Å². The van der Waals surface area contributed by atoms with E-state index in [4.69, 9.17) is 9.15 Å². The van der Waals surface area contributed by atoms with Gasteiger partial charge in [-0.2, -0.15) is 0 Å². The number of ketones is 1. The summed E-state index contributed by atoms with van der Waals surface area (Å²) in [4.78, 5) is 49.3. The molecule has 1 amide bonds. The number of ether oxygens (including phenoxy) is 1. The minimum Gasteiger partial charge on any atom is -0.457 e. The highest BCUT2D eigenvalue weighted by atomic mass is 32.1. The Morgan fingerprint density at radius 3 is 2.50 bits per heavy atom. The quantitative estimate of drug-likeness (QED) is 0.267. The predicted octanol–water partition coefficient (Wildman–Crippen LogP) is 4.40. The van der Waals surface area contributed by atoms with Crippen LogP contribution in [0.15, 0.2) is 75.3 Å². The van der Waals surface area contributed by atoms with Crippen molar-refractivity contribution in [3.63, 3.8) is 0 Å². The Kier molecular flexibility index (Phi) is 5.96. The minimum absolute atomic E-state index is 0.145. The Morgan fingerprint density at radius 1 is 1.00 bits per heavy atom. The third-order valence-electron chi connectivity index (χ3n) is 4.65. The number of thiophene rings is 1. The summed E-state index contributed by atoms with van der Waals surface area (Å²) in [5.74, 6) is -1.20. The van der Waals surface area contributed by atoms with Crippen molar-refractivity contribution in [1.29, 1.82) is 0 Å². The fourth-order valence-electron chi connectivity index (χ4n) is 3.25. The molecule has 0 aliphatic rings. The molecule has 2 aromatic carbocycles. The zero-order chi connectivity index (χ0) is 22.7. The van der Waals surface area contributed by atoms with Gasteiger partial charge in [-0.05, 0) is 29.6 Å². The van der Waals surface area contributed by atoms with Crippen molar-refractivity contribution in [2.24, 2.45) is 0 Å². The van der Waals surface area contributed by atoms with Gasteiger partial charge in [0.2, 0.25) is 11.7 Å². The van der Waals surface area contributed by atoms with E-state index in [0.717, 1.165) is 0 Å². The molecule has 0 radical (unpaired) electrons. The minimum atomic E-state index is -0.679. The summed E-state index contributed by atoms with van der Waals surface area (Å²) >= 11 is 1.29. The average molecular weight is 447 g/mol. The molecule has 0 saturated carbocycles. The molecular weight excluding hydrogens is 430 g/mol. The van der Waals surface area contributed by atoms with Crippen LogP contribution >= 0.6 is 11.3 Å². The van der Waals surface area contributed by atoms with Crippen LogP contribution in [-0.4, -0.2) is 17.7 Å². The first-order valence-corrected chi connectivity index (χ1v) is 10.5. The summed E-state index contributed by atoms with van der Waals surface area (Å²) in [6, 6.07) is 16.0. The first-order chi connectivity index (χ1) is 15.4. The van der Waals surface area contributed by atoms with E-state index < -0.39 is 11.6 Å². The summed E-state index contributed by atoms with van der Waals surface area (Å²) < 4.78 is 10.7. The molecular formula is C24H17NO6S. The fraction of sp³-hybridized carbons (Fsp3) is 0.0833. The monoisotopic (exact) mass is 447 g/mol. The van der Waals surface area contributed by atoms with Crippen molar-refractivity contribution in [3.8, 4) is 0 Å². The summed E-state index contributed by atoms with van der Waals surface area (Å²) in [7, 11) is 0. The number of fused-ring (bicyclic) bond motifs is 1. The zero-order valence-electron chi connectivity index (χ0n) is 16.9. The molecule has 2 aromatic heterocycles. The molecule has 4 rings (SSSR count). The van der Waals surface area contributed by atoms with Gasteiger partial charge in [0, 0.05) is 41.3 Å². The van der Waals surface area contributed by atoms with Gasteiger partial charge in [0.15, 0.2) is 0 Å². The number of esters is 1. The second-order valence-electron chi connectivity index (χ2n) is 6.91. The number of anilines is 1. The number of rotatable bonds is 6. The van der Waals surface area contributed by atoms with Crippen molar-refractivity contribution in [1.82, 2.24) is 0 Å². The number of carbonyl (C=O) groups is 3. The number of benzene rings is 2. The second-order valence-corrected chi connectivity index (χ2v) is 7.86. The summed E-state index contributed by atoms with van der Waals surface area (Å²) in [6.45, 7) is 1.18. The van der Waals surface area contributed by atoms with Gasteiger partial charge in [-0.15, -0.1) is 11.3 Å². The van der Waals surface area contributed by atoms with Crippen LogP contribution in [0.3, 0.4) is 0 Å². The predicted molar refractivity (Wildman–Crippen MR) is 120 cm³/mol. The van der Waals surface area contributed by atoms with Gasteiger partial charge in [0.05, 0.1) is 10.4 Å². The van der Waals surface area contributed by atoms with Gasteiger partial charge in [-0.3, -0.25) is 9.59 Å². The van der Waals surface area contributed by atoms with Crippen molar-refractivity contribution >= 4 is 45.7 Å². The van der Waals surface area contributed by atoms with Gasteiger partial charge < -0.3 is 14.5 Å². The van der Waals surface area contributed by atoms with Crippen molar-refractivity contribution < 1.29 is 23.5 Å². The van der Waals surface area contributed by atoms with Gasteiger partial charge in [-0.25, -0.2) is 9.59 Å². The molecule has 8 heteroatoms. The molecule has 1 N–H and O–H groups in total. The van der Waals surface area contributed by atoms with Gasteiger partial charge in [-0.1, -0.05) is 24.3 Å². The molecule has 0 aliphatic carbocycles. The van der Waals surface area contributed by atoms with E-state index in [-0.39, 0.29) is 35.0 Å². The highest BCUT2D eigenvalue weighted by Crippen LogP contribution is 2.23. The van der Waals surface area contributed by atoms with E-state index in [1.807, 2.05) is 0 Å². The fourth-order valence-corrected chi connectivity index (χ4v) is 3.93. The van der Waals surface area contributed by atoms with Crippen LogP contribution in [0.1, 0.15) is 38.1 Å². The molecule has 4 aromatic rings. The van der Waals surface area contributed by atoms with Crippen LogP contribution in [0.5, 0.6) is 0 Å². The van der Waals surface area contributed by atoms with Crippen LogP contribution in [0.4, 0.5) is 5.69 Å². The largest absolute Gasteiger partial charge is 0.457 e. The molecule has 0 unspecified atom stereocenters. The second kappa shape index (κ2) is 8.99. The number of nitrogens with one attached hydrogen (secondary N) is 1. The first kappa shape index (κ1) is 21.2. The van der Waals surface area contributed by atoms with Crippen LogP contribution in [0.25, 0.3) is 11.0 Å². The van der Waals surface area contributed by atoms with Crippen LogP contribution in [0.2, 0.25) is 0 Å². The number of amides is 1. The lowest BCUT2D eigenvalue weighted by atomic mass is 10.0. The highest BCUT2D eigenvalue weighted by Gasteiger charge is 2.20. The first-order valence-electron chi connectivity index (χ1n) is 9.61. The van der Waals surface area contributed by atoms with Crippen LogP contribution < -0.4 is 10.9 Å². The lowest BCUT2D eigenvalue weighted by Gasteiger charge is -2.10. The third-order valence-corrected chi connectivity index (χ3v) is 5.51. The Bertz CT molecular complexity index is 1390. The molecule has 0 bridgehead atoms. The molecule has 0 spiro atoms. The standard InChI is InChI=1S/C24H17NO6S/c1-14(26)25-16-8-9-17-15(11-22(27)31-20(17)12-16)13-30-24(29)19-6-3-2-5-18(19)23(28)21-7-4-10-32-21/h2-12H,13H2,1H3,(H,25,26). The van der Waals surface area contributed by atoms with E-state index in [9.17, 15) is 19.2 Å². The molecule has 0 fully saturated rings. The Balaban J connectivity index is 1.59. The smallest absolute Gasteiger partial charge is 0.339 e. The third kappa shape index (κ3) is 4.50. The Hall–Kier alpha value is -4.04.